The van der Waals surface area contributed by atoms with Crippen LogP contribution in [0.5, 0.6) is 0 Å². The van der Waals surface area contributed by atoms with Crippen LogP contribution in [0.2, 0.25) is 0 Å². The minimum atomic E-state index is 0.925. The molecule has 0 aromatic heterocycles. The van der Waals surface area contributed by atoms with Gasteiger partial charge in [-0.2, -0.15) is 0 Å². The second-order valence-electron chi connectivity index (χ2n) is 1.98. The Labute approximate surface area is 72.9 Å². The van der Waals surface area contributed by atoms with Crippen LogP contribution in [0.1, 0.15) is 20.3 Å². The molecule has 0 aromatic rings. The lowest BCUT2D eigenvalue weighted by Crippen LogP contribution is -1.85. The smallest absolute Gasteiger partial charge is 0.0237 e. The second-order valence-corrected chi connectivity index (χ2v) is 2.49. The highest BCUT2D eigenvalue weighted by atomic mass is 32.2. The molecule has 0 spiro atoms. The predicted molar refractivity (Wildman–Crippen MR) is 52.7 cm³/mol. The van der Waals surface area contributed by atoms with E-state index in [9.17, 15) is 0 Å². The number of nitrogens with two attached hydrogens (primary N) is 1. The summed E-state index contributed by atoms with van der Waals surface area (Å²) < 4.78 is 0. The van der Waals surface area contributed by atoms with E-state index < -0.39 is 0 Å². The standard InChI is InChI=1S/C9H13NS/c1-4-8(5-2)9(6-3)7-11-10/h1,5,7H,6,10H2,2-3H3/b8-5-,9-7-. The van der Waals surface area contributed by atoms with E-state index in [-0.39, 0.29) is 0 Å². The van der Waals surface area contributed by atoms with Gasteiger partial charge in [0.2, 0.25) is 0 Å². The molecule has 0 fully saturated rings. The highest BCUT2D eigenvalue weighted by Crippen LogP contribution is 2.15. The van der Waals surface area contributed by atoms with Crippen LogP contribution in [-0.2, 0) is 0 Å². The van der Waals surface area contributed by atoms with Crippen LogP contribution in [0, 0.1) is 12.3 Å². The van der Waals surface area contributed by atoms with Gasteiger partial charge in [0.25, 0.3) is 0 Å². The summed E-state index contributed by atoms with van der Waals surface area (Å²) in [5, 5.41) is 7.18. The number of hydrogen-bond donors (Lipinski definition) is 1. The summed E-state index contributed by atoms with van der Waals surface area (Å²) in [7, 11) is 0. The Morgan fingerprint density at radius 1 is 1.73 bits per heavy atom. The van der Waals surface area contributed by atoms with Gasteiger partial charge < -0.3 is 0 Å². The Hall–Kier alpha value is -0.650. The molecule has 0 saturated carbocycles. The molecule has 0 amide bonds. The van der Waals surface area contributed by atoms with Gasteiger partial charge >= 0.3 is 0 Å². The molecule has 2 heteroatoms. The van der Waals surface area contributed by atoms with Crippen LogP contribution in [0.4, 0.5) is 0 Å². The van der Waals surface area contributed by atoms with Crippen molar-refractivity contribution < 1.29 is 0 Å². The molecular formula is C9H13NS. The van der Waals surface area contributed by atoms with E-state index in [1.165, 1.54) is 11.9 Å². The van der Waals surface area contributed by atoms with Gasteiger partial charge in [0.15, 0.2) is 0 Å². The molecule has 1 nitrogen and oxygen atoms in total. The van der Waals surface area contributed by atoms with Crippen LogP contribution in [-0.4, -0.2) is 0 Å². The maximum absolute atomic E-state index is 5.30. The van der Waals surface area contributed by atoms with Crippen molar-refractivity contribution in [1.29, 1.82) is 0 Å². The normalized spacial score (nSPS) is 12.9. The SMILES string of the molecule is C#CC(=C/C)/C(=C\SN)CC. The van der Waals surface area contributed by atoms with Gasteiger partial charge in [-0.15, -0.1) is 6.42 Å². The fourth-order valence-electron chi connectivity index (χ4n) is 0.781. The first kappa shape index (κ1) is 10.3. The van der Waals surface area contributed by atoms with Crippen LogP contribution in [0.25, 0.3) is 0 Å². The van der Waals surface area contributed by atoms with E-state index in [1.807, 2.05) is 18.4 Å². The molecule has 0 saturated heterocycles. The van der Waals surface area contributed by atoms with E-state index in [0.717, 1.165) is 17.6 Å². The van der Waals surface area contributed by atoms with E-state index in [2.05, 4.69) is 12.8 Å². The topological polar surface area (TPSA) is 26.0 Å². The van der Waals surface area contributed by atoms with Crippen LogP contribution in [0.3, 0.4) is 0 Å². The fourth-order valence-corrected chi connectivity index (χ4v) is 1.24. The Kier molecular flexibility index (Phi) is 5.73. The number of terminal acetylenes is 1. The minimum absolute atomic E-state index is 0.925. The summed E-state index contributed by atoms with van der Waals surface area (Å²) >= 11 is 1.19. The first-order chi connectivity index (χ1) is 5.29. The van der Waals surface area contributed by atoms with Gasteiger partial charge in [-0.3, -0.25) is 5.14 Å². The third kappa shape index (κ3) is 3.31. The molecule has 0 bridgehead atoms. The average molecular weight is 167 g/mol. The van der Waals surface area contributed by atoms with Crippen LogP contribution in [0.15, 0.2) is 22.6 Å². The van der Waals surface area contributed by atoms with Gasteiger partial charge in [0.1, 0.15) is 0 Å². The first-order valence-corrected chi connectivity index (χ1v) is 4.42. The van der Waals surface area contributed by atoms with Crippen molar-refractivity contribution in [3.8, 4) is 12.3 Å². The average Bonchev–Trinajstić information content (AvgIpc) is 2.05. The highest BCUT2D eigenvalue weighted by Gasteiger charge is 1.96. The number of rotatable bonds is 3. The minimum Gasteiger partial charge on any atom is -0.274 e. The van der Waals surface area contributed by atoms with Gasteiger partial charge in [-0.25, -0.2) is 0 Å². The maximum atomic E-state index is 5.30. The summed E-state index contributed by atoms with van der Waals surface area (Å²) in [6, 6.07) is 0. The van der Waals surface area contributed by atoms with Gasteiger partial charge in [0.05, 0.1) is 0 Å². The summed E-state index contributed by atoms with van der Waals surface area (Å²) in [6.07, 6.45) is 8.13. The monoisotopic (exact) mass is 167 g/mol. The van der Waals surface area contributed by atoms with Crippen molar-refractivity contribution >= 4 is 11.9 Å². The Morgan fingerprint density at radius 2 is 2.36 bits per heavy atom. The van der Waals surface area contributed by atoms with Crippen molar-refractivity contribution in [2.75, 3.05) is 0 Å². The van der Waals surface area contributed by atoms with Crippen molar-refractivity contribution in [3.63, 3.8) is 0 Å². The quantitative estimate of drug-likeness (QED) is 0.397. The largest absolute Gasteiger partial charge is 0.274 e. The van der Waals surface area contributed by atoms with E-state index in [1.54, 1.807) is 0 Å². The second kappa shape index (κ2) is 6.09. The van der Waals surface area contributed by atoms with Crippen LogP contribution < -0.4 is 5.14 Å². The molecule has 0 aliphatic heterocycles. The molecule has 0 unspecified atom stereocenters. The van der Waals surface area contributed by atoms with Gasteiger partial charge in [-0.05, 0) is 24.3 Å². The molecule has 0 aliphatic carbocycles. The summed E-state index contributed by atoms with van der Waals surface area (Å²) in [5.41, 5.74) is 2.06. The van der Waals surface area contributed by atoms with Gasteiger partial charge in [0, 0.05) is 5.57 Å². The Morgan fingerprint density at radius 3 is 2.64 bits per heavy atom. The fraction of sp³-hybridized carbons (Fsp3) is 0.333. The summed E-state index contributed by atoms with van der Waals surface area (Å²) in [5.74, 6) is 2.61. The van der Waals surface area contributed by atoms with Crippen molar-refractivity contribution in [1.82, 2.24) is 0 Å². The van der Waals surface area contributed by atoms with Gasteiger partial charge in [-0.1, -0.05) is 30.9 Å². The maximum Gasteiger partial charge on any atom is 0.0237 e. The van der Waals surface area contributed by atoms with Crippen molar-refractivity contribution in [2.24, 2.45) is 5.14 Å². The Bertz CT molecular complexity index is 208. The zero-order chi connectivity index (χ0) is 8.69. The third-order valence-corrected chi connectivity index (χ3v) is 1.80. The van der Waals surface area contributed by atoms with E-state index in [4.69, 9.17) is 11.6 Å². The molecule has 0 aliphatic rings. The molecule has 2 N–H and O–H groups in total. The lowest BCUT2D eigenvalue weighted by atomic mass is 10.1. The molecule has 0 heterocycles. The number of allylic oxidation sites excluding steroid dienone is 3. The Balaban J connectivity index is 4.52. The van der Waals surface area contributed by atoms with Crippen LogP contribution >= 0.6 is 11.9 Å². The zero-order valence-corrected chi connectivity index (χ0v) is 7.74. The number of hydrogen-bond acceptors (Lipinski definition) is 2. The molecule has 0 radical (unpaired) electrons. The highest BCUT2D eigenvalue weighted by molar-refractivity contribution is 8.00. The van der Waals surface area contributed by atoms with Crippen molar-refractivity contribution in [2.45, 2.75) is 20.3 Å². The lowest BCUT2D eigenvalue weighted by Gasteiger charge is -2.00. The van der Waals surface area contributed by atoms with Crippen molar-refractivity contribution in [3.05, 3.63) is 22.6 Å². The molecule has 11 heavy (non-hydrogen) atoms. The first-order valence-electron chi connectivity index (χ1n) is 3.48. The van der Waals surface area contributed by atoms with E-state index in [0.29, 0.717) is 0 Å². The molecular weight excluding hydrogens is 154 g/mol. The lowest BCUT2D eigenvalue weighted by molar-refractivity contribution is 1.13. The molecule has 0 aromatic carbocycles. The zero-order valence-electron chi connectivity index (χ0n) is 6.92. The summed E-state index contributed by atoms with van der Waals surface area (Å²) in [4.78, 5) is 0. The third-order valence-electron chi connectivity index (χ3n) is 1.38. The molecule has 0 atom stereocenters. The molecule has 60 valence electrons. The molecule has 0 rings (SSSR count). The van der Waals surface area contributed by atoms with E-state index >= 15 is 0 Å². The predicted octanol–water partition coefficient (Wildman–Crippen LogP) is 2.47. The summed E-state index contributed by atoms with van der Waals surface area (Å²) in [6.45, 7) is 3.99.